The quantitative estimate of drug-likeness (QED) is 0.734. The maximum absolute atomic E-state index is 9.34. The van der Waals surface area contributed by atoms with Gasteiger partial charge in [0.2, 0.25) is 11.7 Å². The molecule has 2 heterocycles. The number of rotatable bonds is 3. The SMILES string of the molecule is CC(O)C(N)c1nc(C2CN(C)CCO2)no1. The van der Waals surface area contributed by atoms with Crippen LogP contribution in [0.4, 0.5) is 0 Å². The second kappa shape index (κ2) is 5.09. The van der Waals surface area contributed by atoms with Crippen molar-refractivity contribution in [2.45, 2.75) is 25.2 Å². The lowest BCUT2D eigenvalue weighted by molar-refractivity contribution is -0.0264. The molecule has 1 aromatic rings. The van der Waals surface area contributed by atoms with Crippen LogP contribution in [0, 0.1) is 0 Å². The molecule has 96 valence electrons. The molecule has 1 aromatic heterocycles. The van der Waals surface area contributed by atoms with Gasteiger partial charge >= 0.3 is 0 Å². The van der Waals surface area contributed by atoms with Crippen LogP contribution in [-0.2, 0) is 4.74 Å². The Balaban J connectivity index is 2.07. The van der Waals surface area contributed by atoms with E-state index in [4.69, 9.17) is 15.0 Å². The molecule has 3 N–H and O–H groups in total. The van der Waals surface area contributed by atoms with E-state index in [0.717, 1.165) is 13.1 Å². The standard InChI is InChI=1S/C10H18N4O3/c1-6(15)8(11)10-12-9(13-17-10)7-5-14(2)3-4-16-7/h6-8,15H,3-5,11H2,1-2H3. The molecule has 7 nitrogen and oxygen atoms in total. The molecule has 7 heteroatoms. The average Bonchev–Trinajstić information content (AvgIpc) is 2.77. The number of nitrogens with two attached hydrogens (primary N) is 1. The first-order valence-corrected chi connectivity index (χ1v) is 5.65. The molecule has 3 unspecified atom stereocenters. The predicted octanol–water partition coefficient (Wildman–Crippen LogP) is -0.547. The molecular formula is C10H18N4O3. The van der Waals surface area contributed by atoms with Gasteiger partial charge in [0.25, 0.3) is 0 Å². The number of ether oxygens (including phenoxy) is 1. The molecule has 0 bridgehead atoms. The van der Waals surface area contributed by atoms with E-state index >= 15 is 0 Å². The highest BCUT2D eigenvalue weighted by Crippen LogP contribution is 2.20. The lowest BCUT2D eigenvalue weighted by Crippen LogP contribution is -2.35. The third-order valence-corrected chi connectivity index (χ3v) is 2.82. The molecule has 17 heavy (non-hydrogen) atoms. The molecule has 0 spiro atoms. The molecule has 0 amide bonds. The number of hydrogen-bond donors (Lipinski definition) is 2. The fraction of sp³-hybridized carbons (Fsp3) is 0.800. The van der Waals surface area contributed by atoms with Gasteiger partial charge in [0.05, 0.1) is 12.7 Å². The Morgan fingerprint density at radius 2 is 2.35 bits per heavy atom. The number of morpholine rings is 1. The van der Waals surface area contributed by atoms with E-state index in [1.807, 2.05) is 7.05 Å². The van der Waals surface area contributed by atoms with Crippen LogP contribution in [0.5, 0.6) is 0 Å². The molecule has 0 aromatic carbocycles. The minimum Gasteiger partial charge on any atom is -0.391 e. The minimum atomic E-state index is -0.724. The Hall–Kier alpha value is -1.02. The van der Waals surface area contributed by atoms with Crippen molar-refractivity contribution >= 4 is 0 Å². The fourth-order valence-electron chi connectivity index (χ4n) is 1.65. The normalized spacial score (nSPS) is 25.8. The molecule has 2 rings (SSSR count). The summed E-state index contributed by atoms with van der Waals surface area (Å²) in [6, 6.07) is -0.655. The largest absolute Gasteiger partial charge is 0.391 e. The van der Waals surface area contributed by atoms with Gasteiger partial charge in [0, 0.05) is 13.1 Å². The molecule has 1 aliphatic heterocycles. The first kappa shape index (κ1) is 12.4. The smallest absolute Gasteiger partial charge is 0.246 e. The van der Waals surface area contributed by atoms with Gasteiger partial charge in [-0.15, -0.1) is 0 Å². The van der Waals surface area contributed by atoms with Crippen molar-refractivity contribution in [2.75, 3.05) is 26.7 Å². The van der Waals surface area contributed by atoms with Crippen molar-refractivity contribution in [3.8, 4) is 0 Å². The van der Waals surface area contributed by atoms with Crippen molar-refractivity contribution < 1.29 is 14.4 Å². The van der Waals surface area contributed by atoms with Crippen molar-refractivity contribution in [1.82, 2.24) is 15.0 Å². The van der Waals surface area contributed by atoms with E-state index in [9.17, 15) is 5.11 Å². The Morgan fingerprint density at radius 3 is 3.00 bits per heavy atom. The van der Waals surface area contributed by atoms with Crippen molar-refractivity contribution in [3.63, 3.8) is 0 Å². The summed E-state index contributed by atoms with van der Waals surface area (Å²) in [6.45, 7) is 3.85. The van der Waals surface area contributed by atoms with E-state index in [1.54, 1.807) is 6.92 Å². The number of nitrogens with zero attached hydrogens (tertiary/aromatic N) is 3. The Bertz CT molecular complexity index is 368. The van der Waals surface area contributed by atoms with Gasteiger partial charge in [-0.2, -0.15) is 4.98 Å². The highest BCUT2D eigenvalue weighted by molar-refractivity contribution is 4.98. The summed E-state index contributed by atoms with van der Waals surface area (Å²) in [7, 11) is 2.01. The van der Waals surface area contributed by atoms with Crippen LogP contribution in [0.1, 0.15) is 30.8 Å². The minimum absolute atomic E-state index is 0.188. The first-order valence-electron chi connectivity index (χ1n) is 5.65. The monoisotopic (exact) mass is 242 g/mol. The molecule has 1 aliphatic rings. The zero-order chi connectivity index (χ0) is 12.4. The number of aliphatic hydroxyl groups excluding tert-OH is 1. The van der Waals surface area contributed by atoms with Crippen LogP contribution < -0.4 is 5.73 Å². The molecule has 0 aliphatic carbocycles. The lowest BCUT2D eigenvalue weighted by Gasteiger charge is -2.27. The summed E-state index contributed by atoms with van der Waals surface area (Å²) >= 11 is 0. The van der Waals surface area contributed by atoms with Gasteiger partial charge in [-0.05, 0) is 14.0 Å². The second-order valence-electron chi connectivity index (χ2n) is 4.38. The van der Waals surface area contributed by atoms with E-state index in [1.165, 1.54) is 0 Å². The van der Waals surface area contributed by atoms with Gasteiger partial charge in [-0.3, -0.25) is 0 Å². The van der Waals surface area contributed by atoms with Crippen LogP contribution in [0.2, 0.25) is 0 Å². The van der Waals surface area contributed by atoms with Crippen LogP contribution in [0.3, 0.4) is 0 Å². The number of aliphatic hydroxyl groups is 1. The van der Waals surface area contributed by atoms with E-state index in [2.05, 4.69) is 15.0 Å². The first-order chi connectivity index (χ1) is 8.08. The summed E-state index contributed by atoms with van der Waals surface area (Å²) in [5, 5.41) is 13.2. The van der Waals surface area contributed by atoms with Gasteiger partial charge in [0.15, 0.2) is 0 Å². The molecule has 3 atom stereocenters. The van der Waals surface area contributed by atoms with E-state index in [-0.39, 0.29) is 12.0 Å². The van der Waals surface area contributed by atoms with Crippen molar-refractivity contribution in [2.24, 2.45) is 5.73 Å². The second-order valence-corrected chi connectivity index (χ2v) is 4.38. The van der Waals surface area contributed by atoms with Gasteiger partial charge < -0.3 is 25.0 Å². The predicted molar refractivity (Wildman–Crippen MR) is 59.1 cm³/mol. The van der Waals surface area contributed by atoms with E-state index < -0.39 is 12.1 Å². The average molecular weight is 242 g/mol. The number of aromatic nitrogens is 2. The van der Waals surface area contributed by atoms with Crippen LogP contribution in [0.25, 0.3) is 0 Å². The number of likely N-dealkylation sites (N-methyl/N-ethyl adjacent to an activating group) is 1. The van der Waals surface area contributed by atoms with Gasteiger partial charge in [-0.1, -0.05) is 5.16 Å². The molecule has 0 saturated carbocycles. The summed E-state index contributed by atoms with van der Waals surface area (Å²) in [5.74, 6) is 0.731. The van der Waals surface area contributed by atoms with Crippen LogP contribution >= 0.6 is 0 Å². The Kier molecular flexibility index (Phi) is 3.72. The topological polar surface area (TPSA) is 97.6 Å². The zero-order valence-corrected chi connectivity index (χ0v) is 10.0. The van der Waals surface area contributed by atoms with Crippen LogP contribution in [-0.4, -0.2) is 53.0 Å². The maximum atomic E-state index is 9.34. The van der Waals surface area contributed by atoms with Crippen molar-refractivity contribution in [3.05, 3.63) is 11.7 Å². The molecular weight excluding hydrogens is 224 g/mol. The van der Waals surface area contributed by atoms with Gasteiger partial charge in [0.1, 0.15) is 12.1 Å². The van der Waals surface area contributed by atoms with Crippen LogP contribution in [0.15, 0.2) is 4.52 Å². The molecule has 1 saturated heterocycles. The summed E-state index contributed by atoms with van der Waals surface area (Å²) < 4.78 is 10.6. The summed E-state index contributed by atoms with van der Waals surface area (Å²) in [5.41, 5.74) is 5.71. The third kappa shape index (κ3) is 2.81. The lowest BCUT2D eigenvalue weighted by atomic mass is 10.2. The maximum Gasteiger partial charge on any atom is 0.246 e. The Morgan fingerprint density at radius 1 is 1.59 bits per heavy atom. The highest BCUT2D eigenvalue weighted by Gasteiger charge is 2.26. The summed E-state index contributed by atoms with van der Waals surface area (Å²) in [6.07, 6.45) is -0.911. The third-order valence-electron chi connectivity index (χ3n) is 2.82. The summed E-state index contributed by atoms with van der Waals surface area (Å²) in [4.78, 5) is 6.31. The molecule has 1 fully saturated rings. The van der Waals surface area contributed by atoms with E-state index in [0.29, 0.717) is 12.4 Å². The highest BCUT2D eigenvalue weighted by atomic mass is 16.5. The number of hydrogen-bond acceptors (Lipinski definition) is 7. The van der Waals surface area contributed by atoms with Crippen molar-refractivity contribution in [1.29, 1.82) is 0 Å². The zero-order valence-electron chi connectivity index (χ0n) is 10.0. The Labute approximate surface area is 99.5 Å². The fourth-order valence-corrected chi connectivity index (χ4v) is 1.65. The van der Waals surface area contributed by atoms with Gasteiger partial charge in [-0.25, -0.2) is 0 Å². The molecule has 0 radical (unpaired) electrons.